The number of nitrogens with zero attached hydrogens (tertiary/aromatic N) is 2. The van der Waals surface area contributed by atoms with Gasteiger partial charge in [-0.1, -0.05) is 6.07 Å². The highest BCUT2D eigenvalue weighted by atomic mass is 16.6. The van der Waals surface area contributed by atoms with Gasteiger partial charge in [-0.25, -0.2) is 0 Å². The Kier molecular flexibility index (Phi) is 4.14. The molecular weight excluding hydrogens is 258 g/mol. The van der Waals surface area contributed by atoms with Crippen LogP contribution in [0.1, 0.15) is 11.4 Å². The lowest BCUT2D eigenvalue weighted by Gasteiger charge is -2.08. The molecule has 104 valence electrons. The number of hydrogen-bond donors (Lipinski definition) is 1. The van der Waals surface area contributed by atoms with Crippen molar-refractivity contribution in [3.8, 4) is 5.75 Å². The summed E-state index contributed by atoms with van der Waals surface area (Å²) in [5.74, 6) is 0.455. The molecule has 0 saturated carbocycles. The molecule has 6 heteroatoms. The van der Waals surface area contributed by atoms with E-state index >= 15 is 0 Å². The first-order valence-corrected chi connectivity index (χ1v) is 6.09. The van der Waals surface area contributed by atoms with E-state index in [1.165, 1.54) is 13.2 Å². The molecule has 0 aliphatic rings. The number of anilines is 1. The number of methoxy groups -OCH3 is 1. The number of pyridine rings is 1. The van der Waals surface area contributed by atoms with Gasteiger partial charge >= 0.3 is 0 Å². The second-order valence-corrected chi connectivity index (χ2v) is 4.26. The molecule has 0 atom stereocenters. The molecule has 0 aliphatic carbocycles. The highest BCUT2D eigenvalue weighted by molar-refractivity contribution is 5.63. The van der Waals surface area contributed by atoms with Gasteiger partial charge in [0.25, 0.3) is 5.69 Å². The molecule has 20 heavy (non-hydrogen) atoms. The Labute approximate surface area is 116 Å². The molecule has 0 unspecified atom stereocenters. The average Bonchev–Trinajstić information content (AvgIpc) is 2.45. The summed E-state index contributed by atoms with van der Waals surface area (Å²) in [6, 6.07) is 10.4. The Balaban J connectivity index is 2.18. The van der Waals surface area contributed by atoms with Crippen LogP contribution in [0.5, 0.6) is 5.75 Å². The lowest BCUT2D eigenvalue weighted by Crippen LogP contribution is -2.04. The van der Waals surface area contributed by atoms with Crippen molar-refractivity contribution >= 4 is 11.4 Å². The number of benzene rings is 1. The first kappa shape index (κ1) is 13.8. The molecule has 1 aromatic heterocycles. The van der Waals surface area contributed by atoms with Crippen LogP contribution in [0.3, 0.4) is 0 Å². The van der Waals surface area contributed by atoms with Crippen LogP contribution in [0.4, 0.5) is 11.4 Å². The van der Waals surface area contributed by atoms with Crippen LogP contribution in [0.2, 0.25) is 0 Å². The van der Waals surface area contributed by atoms with Gasteiger partial charge in [-0.3, -0.25) is 15.1 Å². The molecule has 0 spiro atoms. The summed E-state index contributed by atoms with van der Waals surface area (Å²) in [7, 11) is 1.48. The lowest BCUT2D eigenvalue weighted by molar-refractivity contribution is -0.384. The first-order valence-electron chi connectivity index (χ1n) is 6.09. The van der Waals surface area contributed by atoms with Crippen LogP contribution in [0.15, 0.2) is 36.4 Å². The highest BCUT2D eigenvalue weighted by Crippen LogP contribution is 2.29. The van der Waals surface area contributed by atoms with Crippen molar-refractivity contribution in [2.45, 2.75) is 13.5 Å². The molecule has 0 radical (unpaired) electrons. The van der Waals surface area contributed by atoms with Gasteiger partial charge in [-0.15, -0.1) is 0 Å². The maximum atomic E-state index is 11.0. The van der Waals surface area contributed by atoms with Gasteiger partial charge < -0.3 is 10.1 Å². The number of rotatable bonds is 5. The minimum Gasteiger partial charge on any atom is -0.496 e. The maximum Gasteiger partial charge on any atom is 0.296 e. The SMILES string of the molecule is COc1ccc(NCc2cccc(C)n2)c([N+](=O)[O-])c1. The van der Waals surface area contributed by atoms with Gasteiger partial charge in [0.15, 0.2) is 0 Å². The number of hydrogen-bond acceptors (Lipinski definition) is 5. The van der Waals surface area contributed by atoms with Gasteiger partial charge in [0.05, 0.1) is 30.3 Å². The lowest BCUT2D eigenvalue weighted by atomic mass is 10.2. The van der Waals surface area contributed by atoms with Crippen molar-refractivity contribution in [1.82, 2.24) is 4.98 Å². The summed E-state index contributed by atoms with van der Waals surface area (Å²) in [5, 5.41) is 14.1. The number of nitrogens with one attached hydrogen (secondary N) is 1. The molecule has 0 fully saturated rings. The van der Waals surface area contributed by atoms with Gasteiger partial charge in [0, 0.05) is 5.69 Å². The van der Waals surface area contributed by atoms with Crippen LogP contribution in [-0.2, 0) is 6.54 Å². The van der Waals surface area contributed by atoms with Crippen LogP contribution >= 0.6 is 0 Å². The Morgan fingerprint density at radius 1 is 1.35 bits per heavy atom. The van der Waals surface area contributed by atoms with E-state index < -0.39 is 4.92 Å². The topological polar surface area (TPSA) is 77.3 Å². The van der Waals surface area contributed by atoms with E-state index in [0.29, 0.717) is 18.0 Å². The van der Waals surface area contributed by atoms with Gasteiger partial charge in [0.2, 0.25) is 0 Å². The number of aromatic nitrogens is 1. The third-order valence-electron chi connectivity index (χ3n) is 2.81. The molecular formula is C14H15N3O3. The van der Waals surface area contributed by atoms with Crippen molar-refractivity contribution in [3.05, 3.63) is 57.9 Å². The fourth-order valence-electron chi connectivity index (χ4n) is 1.82. The fourth-order valence-corrected chi connectivity index (χ4v) is 1.82. The molecule has 1 heterocycles. The summed E-state index contributed by atoms with van der Waals surface area (Å²) in [4.78, 5) is 15.0. The van der Waals surface area contributed by atoms with Crippen molar-refractivity contribution in [2.24, 2.45) is 0 Å². The van der Waals surface area contributed by atoms with Crippen molar-refractivity contribution in [1.29, 1.82) is 0 Å². The molecule has 6 nitrogen and oxygen atoms in total. The third kappa shape index (κ3) is 3.23. The number of nitro benzene ring substituents is 1. The second-order valence-electron chi connectivity index (χ2n) is 4.26. The number of ether oxygens (including phenoxy) is 1. The summed E-state index contributed by atoms with van der Waals surface area (Å²) < 4.78 is 4.99. The zero-order valence-electron chi connectivity index (χ0n) is 11.3. The second kappa shape index (κ2) is 6.01. The normalized spacial score (nSPS) is 10.1. The largest absolute Gasteiger partial charge is 0.496 e. The van der Waals surface area contributed by atoms with E-state index in [-0.39, 0.29) is 5.69 Å². The Bertz CT molecular complexity index is 629. The Morgan fingerprint density at radius 3 is 2.80 bits per heavy atom. The number of aryl methyl sites for hydroxylation is 1. The van der Waals surface area contributed by atoms with Gasteiger partial charge in [-0.2, -0.15) is 0 Å². The average molecular weight is 273 g/mol. The van der Waals surface area contributed by atoms with Crippen molar-refractivity contribution in [3.63, 3.8) is 0 Å². The summed E-state index contributed by atoms with van der Waals surface area (Å²) in [6.45, 7) is 2.33. The van der Waals surface area contributed by atoms with E-state index in [4.69, 9.17) is 4.74 Å². The predicted molar refractivity (Wildman–Crippen MR) is 75.9 cm³/mol. The van der Waals surface area contributed by atoms with E-state index in [1.54, 1.807) is 12.1 Å². The number of nitro groups is 1. The monoisotopic (exact) mass is 273 g/mol. The molecule has 0 aliphatic heterocycles. The summed E-state index contributed by atoms with van der Waals surface area (Å²) >= 11 is 0. The Hall–Kier alpha value is -2.63. The van der Waals surface area contributed by atoms with E-state index in [2.05, 4.69) is 10.3 Å². The molecule has 0 saturated heterocycles. The Morgan fingerprint density at radius 2 is 2.15 bits per heavy atom. The molecule has 1 N–H and O–H groups in total. The third-order valence-corrected chi connectivity index (χ3v) is 2.81. The zero-order chi connectivity index (χ0) is 14.5. The van der Waals surface area contributed by atoms with E-state index in [0.717, 1.165) is 11.4 Å². The molecule has 0 amide bonds. The minimum absolute atomic E-state index is 0.0167. The van der Waals surface area contributed by atoms with Crippen LogP contribution in [-0.4, -0.2) is 17.0 Å². The fraction of sp³-hybridized carbons (Fsp3) is 0.214. The molecule has 0 bridgehead atoms. The van der Waals surface area contributed by atoms with Crippen LogP contribution in [0.25, 0.3) is 0 Å². The quantitative estimate of drug-likeness (QED) is 0.669. The summed E-state index contributed by atoms with van der Waals surface area (Å²) in [5.41, 5.74) is 2.17. The van der Waals surface area contributed by atoms with Gasteiger partial charge in [-0.05, 0) is 31.2 Å². The maximum absolute atomic E-state index is 11.0. The van der Waals surface area contributed by atoms with Crippen LogP contribution in [0, 0.1) is 17.0 Å². The molecule has 2 aromatic rings. The van der Waals surface area contributed by atoms with Gasteiger partial charge in [0.1, 0.15) is 11.4 Å². The van der Waals surface area contributed by atoms with Crippen molar-refractivity contribution < 1.29 is 9.66 Å². The van der Waals surface area contributed by atoms with Crippen molar-refractivity contribution in [2.75, 3.05) is 12.4 Å². The predicted octanol–water partition coefficient (Wildman–Crippen LogP) is 2.92. The standard InChI is InChI=1S/C14H15N3O3/c1-10-4-3-5-11(16-10)9-15-13-7-6-12(20-2)8-14(13)17(18)19/h3-8,15H,9H2,1-2H3. The molecule has 1 aromatic carbocycles. The minimum atomic E-state index is -0.436. The highest BCUT2D eigenvalue weighted by Gasteiger charge is 2.14. The van der Waals surface area contributed by atoms with E-state index in [9.17, 15) is 10.1 Å². The smallest absolute Gasteiger partial charge is 0.296 e. The zero-order valence-corrected chi connectivity index (χ0v) is 11.3. The van der Waals surface area contributed by atoms with E-state index in [1.807, 2.05) is 25.1 Å². The summed E-state index contributed by atoms with van der Waals surface area (Å²) in [6.07, 6.45) is 0. The molecule has 2 rings (SSSR count). The first-order chi connectivity index (χ1) is 9.60. The van der Waals surface area contributed by atoms with Crippen LogP contribution < -0.4 is 10.1 Å².